The van der Waals surface area contributed by atoms with Gasteiger partial charge < -0.3 is 20.1 Å². The largest absolute Gasteiger partial charge is 0.508 e. The normalized spacial score (nSPS) is 11.9. The van der Waals surface area contributed by atoms with Crippen LogP contribution >= 0.6 is 0 Å². The standard InChI is InChI=1S/C22H24N2O4/c1-2-28-22(27)20(13-15-7-10-17(25)11-8-15)24-21(26)12-9-16-14-23-19-6-4-3-5-18(16)19/h3-8,10-11,14,20,23,25H,2,9,12-13H2,1H3,(H,24,26). The number of phenols is 1. The van der Waals surface area contributed by atoms with E-state index in [2.05, 4.69) is 10.3 Å². The van der Waals surface area contributed by atoms with Crippen molar-refractivity contribution in [3.8, 4) is 5.75 Å². The number of fused-ring (bicyclic) bond motifs is 1. The maximum Gasteiger partial charge on any atom is 0.328 e. The summed E-state index contributed by atoms with van der Waals surface area (Å²) in [6.07, 6.45) is 3.06. The van der Waals surface area contributed by atoms with Gasteiger partial charge in [0, 0.05) is 29.9 Å². The average molecular weight is 380 g/mol. The van der Waals surface area contributed by atoms with Crippen molar-refractivity contribution < 1.29 is 19.4 Å². The van der Waals surface area contributed by atoms with Gasteiger partial charge in [-0.25, -0.2) is 4.79 Å². The number of esters is 1. The van der Waals surface area contributed by atoms with Gasteiger partial charge in [0.05, 0.1) is 6.61 Å². The van der Waals surface area contributed by atoms with Crippen LogP contribution < -0.4 is 5.32 Å². The number of para-hydroxylation sites is 1. The van der Waals surface area contributed by atoms with Crippen LogP contribution in [0.3, 0.4) is 0 Å². The molecule has 0 bridgehead atoms. The van der Waals surface area contributed by atoms with Crippen molar-refractivity contribution in [3.63, 3.8) is 0 Å². The molecule has 3 rings (SSSR count). The molecule has 2 aromatic carbocycles. The zero-order valence-electron chi connectivity index (χ0n) is 15.8. The lowest BCUT2D eigenvalue weighted by molar-refractivity contribution is -0.147. The second kappa shape index (κ2) is 9.08. The number of aromatic hydroxyl groups is 1. The van der Waals surface area contributed by atoms with Gasteiger partial charge in [0.25, 0.3) is 0 Å². The molecule has 1 heterocycles. The number of amides is 1. The van der Waals surface area contributed by atoms with E-state index < -0.39 is 12.0 Å². The third-order valence-electron chi connectivity index (χ3n) is 4.58. The number of rotatable bonds is 8. The lowest BCUT2D eigenvalue weighted by Crippen LogP contribution is -2.43. The zero-order chi connectivity index (χ0) is 19.9. The van der Waals surface area contributed by atoms with E-state index in [1.165, 1.54) is 0 Å². The third-order valence-corrected chi connectivity index (χ3v) is 4.58. The summed E-state index contributed by atoms with van der Waals surface area (Å²) in [7, 11) is 0. The molecule has 0 aliphatic carbocycles. The molecule has 3 N–H and O–H groups in total. The summed E-state index contributed by atoms with van der Waals surface area (Å²) in [4.78, 5) is 27.9. The number of benzene rings is 2. The molecule has 1 aromatic heterocycles. The highest BCUT2D eigenvalue weighted by atomic mass is 16.5. The van der Waals surface area contributed by atoms with Gasteiger partial charge in [0.1, 0.15) is 11.8 Å². The highest BCUT2D eigenvalue weighted by molar-refractivity contribution is 5.86. The summed E-state index contributed by atoms with van der Waals surface area (Å²) in [6.45, 7) is 1.98. The number of carbonyl (C=O) groups excluding carboxylic acids is 2. The first-order chi connectivity index (χ1) is 13.6. The monoisotopic (exact) mass is 380 g/mol. The van der Waals surface area contributed by atoms with Crippen molar-refractivity contribution in [1.82, 2.24) is 10.3 Å². The maximum atomic E-state index is 12.5. The van der Waals surface area contributed by atoms with Crippen LogP contribution in [0.5, 0.6) is 5.75 Å². The summed E-state index contributed by atoms with van der Waals surface area (Å²) in [5.74, 6) is -0.516. The number of aryl methyl sites for hydroxylation is 1. The molecule has 1 unspecified atom stereocenters. The number of aromatic nitrogens is 1. The molecule has 3 aromatic rings. The summed E-state index contributed by atoms with van der Waals surface area (Å²) in [6, 6.07) is 13.7. The number of carbonyl (C=O) groups is 2. The van der Waals surface area contributed by atoms with Crippen molar-refractivity contribution in [2.45, 2.75) is 32.2 Å². The second-order valence-electron chi connectivity index (χ2n) is 6.60. The van der Waals surface area contributed by atoms with E-state index in [1.54, 1.807) is 31.2 Å². The molecule has 0 radical (unpaired) electrons. The molecular weight excluding hydrogens is 356 g/mol. The molecule has 0 aliphatic rings. The van der Waals surface area contributed by atoms with Crippen molar-refractivity contribution >= 4 is 22.8 Å². The Hall–Kier alpha value is -3.28. The number of ether oxygens (including phenoxy) is 1. The molecule has 0 fully saturated rings. The zero-order valence-corrected chi connectivity index (χ0v) is 15.8. The number of aromatic amines is 1. The van der Waals surface area contributed by atoms with Crippen LogP contribution in [0.2, 0.25) is 0 Å². The Balaban J connectivity index is 1.63. The summed E-state index contributed by atoms with van der Waals surface area (Å²) in [5.41, 5.74) is 2.93. The Bertz CT molecular complexity index is 947. The number of phenolic OH excluding ortho intramolecular Hbond substituents is 1. The van der Waals surface area contributed by atoms with Gasteiger partial charge in [-0.2, -0.15) is 0 Å². The predicted molar refractivity (Wildman–Crippen MR) is 107 cm³/mol. The molecule has 6 heteroatoms. The fourth-order valence-electron chi connectivity index (χ4n) is 3.16. The Kier molecular flexibility index (Phi) is 6.32. The Morgan fingerprint density at radius 3 is 2.64 bits per heavy atom. The molecule has 146 valence electrons. The second-order valence-corrected chi connectivity index (χ2v) is 6.60. The highest BCUT2D eigenvalue weighted by Gasteiger charge is 2.22. The molecule has 0 spiro atoms. The van der Waals surface area contributed by atoms with Gasteiger partial charge in [-0.1, -0.05) is 30.3 Å². The summed E-state index contributed by atoms with van der Waals surface area (Å²) < 4.78 is 5.10. The minimum absolute atomic E-state index is 0.152. The van der Waals surface area contributed by atoms with Crippen molar-refractivity contribution in [3.05, 3.63) is 65.9 Å². The van der Waals surface area contributed by atoms with Gasteiger partial charge in [0.15, 0.2) is 0 Å². The quantitative estimate of drug-likeness (QED) is 0.524. The van der Waals surface area contributed by atoms with Gasteiger partial charge >= 0.3 is 5.97 Å². The van der Waals surface area contributed by atoms with Gasteiger partial charge in [-0.05, 0) is 42.7 Å². The molecule has 0 saturated carbocycles. The fourth-order valence-corrected chi connectivity index (χ4v) is 3.16. The lowest BCUT2D eigenvalue weighted by atomic mass is 10.0. The maximum absolute atomic E-state index is 12.5. The Morgan fingerprint density at radius 1 is 1.14 bits per heavy atom. The fraction of sp³-hybridized carbons (Fsp3) is 0.273. The van der Waals surface area contributed by atoms with Gasteiger partial charge in [-0.3, -0.25) is 4.79 Å². The molecule has 6 nitrogen and oxygen atoms in total. The molecule has 1 atom stereocenters. The number of nitrogens with one attached hydrogen (secondary N) is 2. The third kappa shape index (κ3) is 4.91. The van der Waals surface area contributed by atoms with Crippen LogP contribution in [0.25, 0.3) is 10.9 Å². The van der Waals surface area contributed by atoms with Crippen LogP contribution in [0.1, 0.15) is 24.5 Å². The van der Waals surface area contributed by atoms with Gasteiger partial charge in [-0.15, -0.1) is 0 Å². The highest BCUT2D eigenvalue weighted by Crippen LogP contribution is 2.19. The van der Waals surface area contributed by atoms with Crippen LogP contribution in [-0.4, -0.2) is 34.6 Å². The molecule has 0 saturated heterocycles. The molecule has 1 amide bonds. The minimum atomic E-state index is -0.764. The first-order valence-electron chi connectivity index (χ1n) is 9.35. The summed E-state index contributed by atoms with van der Waals surface area (Å²) in [5, 5.41) is 13.3. The van der Waals surface area contributed by atoms with Crippen molar-refractivity contribution in [2.24, 2.45) is 0 Å². The van der Waals surface area contributed by atoms with E-state index >= 15 is 0 Å². The van der Waals surface area contributed by atoms with E-state index in [1.807, 2.05) is 30.5 Å². The smallest absolute Gasteiger partial charge is 0.328 e. The van der Waals surface area contributed by atoms with Crippen LogP contribution in [-0.2, 0) is 27.2 Å². The molecule has 28 heavy (non-hydrogen) atoms. The van der Waals surface area contributed by atoms with Crippen LogP contribution in [0, 0.1) is 0 Å². The first-order valence-corrected chi connectivity index (χ1v) is 9.35. The minimum Gasteiger partial charge on any atom is -0.508 e. The number of H-pyrrole nitrogens is 1. The summed E-state index contributed by atoms with van der Waals surface area (Å²) >= 11 is 0. The predicted octanol–water partition coefficient (Wildman–Crippen LogP) is 3.10. The first kappa shape index (κ1) is 19.5. The van der Waals surface area contributed by atoms with E-state index in [4.69, 9.17) is 4.74 Å². The average Bonchev–Trinajstić information content (AvgIpc) is 3.11. The molecular formula is C22H24N2O4. The van der Waals surface area contributed by atoms with Crippen LogP contribution in [0.15, 0.2) is 54.7 Å². The van der Waals surface area contributed by atoms with E-state index in [9.17, 15) is 14.7 Å². The Labute approximate surface area is 163 Å². The SMILES string of the molecule is CCOC(=O)C(Cc1ccc(O)cc1)NC(=O)CCc1c[nH]c2ccccc12. The van der Waals surface area contributed by atoms with Gasteiger partial charge in [0.2, 0.25) is 5.91 Å². The van der Waals surface area contributed by atoms with E-state index in [0.717, 1.165) is 22.0 Å². The van der Waals surface area contributed by atoms with E-state index in [0.29, 0.717) is 12.8 Å². The molecule has 0 aliphatic heterocycles. The lowest BCUT2D eigenvalue weighted by Gasteiger charge is -2.17. The number of hydrogen-bond acceptors (Lipinski definition) is 4. The van der Waals surface area contributed by atoms with Crippen molar-refractivity contribution in [2.75, 3.05) is 6.61 Å². The number of hydrogen-bond donors (Lipinski definition) is 3. The topological polar surface area (TPSA) is 91.4 Å². The van der Waals surface area contributed by atoms with Crippen LogP contribution in [0.4, 0.5) is 0 Å². The van der Waals surface area contributed by atoms with Crippen molar-refractivity contribution in [1.29, 1.82) is 0 Å². The Morgan fingerprint density at radius 2 is 1.89 bits per heavy atom. The van der Waals surface area contributed by atoms with E-state index in [-0.39, 0.29) is 24.7 Å².